The molecule has 0 bridgehead atoms. The molecule has 0 radical (unpaired) electrons. The summed E-state index contributed by atoms with van der Waals surface area (Å²) < 4.78 is 14.6. The van der Waals surface area contributed by atoms with E-state index in [9.17, 15) is 9.18 Å². The number of nitrogens with one attached hydrogen (secondary N) is 1. The van der Waals surface area contributed by atoms with E-state index >= 15 is 0 Å². The number of halogens is 3. The Balaban J connectivity index is 2.13. The van der Waals surface area contributed by atoms with Crippen molar-refractivity contribution in [3.63, 3.8) is 0 Å². The predicted molar refractivity (Wildman–Crippen MR) is 81.4 cm³/mol. The second-order valence-electron chi connectivity index (χ2n) is 4.37. The average molecular weight is 357 g/mol. The maximum absolute atomic E-state index is 13.7. The van der Waals surface area contributed by atoms with Crippen LogP contribution in [0.1, 0.15) is 28.9 Å². The Morgan fingerprint density at radius 3 is 2.50 bits per heavy atom. The number of carbonyl (C=O) groups excluding carboxylic acids is 1. The second-order valence-corrected chi connectivity index (χ2v) is 5.72. The van der Waals surface area contributed by atoms with Gasteiger partial charge in [-0.2, -0.15) is 0 Å². The third kappa shape index (κ3) is 3.58. The van der Waals surface area contributed by atoms with E-state index in [1.54, 1.807) is 0 Å². The van der Waals surface area contributed by atoms with Crippen molar-refractivity contribution in [3.05, 3.63) is 68.9 Å². The first-order chi connectivity index (χ1) is 9.47. The maximum atomic E-state index is 13.7. The van der Waals surface area contributed by atoms with Crippen LogP contribution in [0.4, 0.5) is 4.39 Å². The van der Waals surface area contributed by atoms with E-state index in [0.29, 0.717) is 0 Å². The molecule has 2 nitrogen and oxygen atoms in total. The number of amides is 1. The normalized spacial score (nSPS) is 12.0. The first kappa shape index (κ1) is 15.0. The standard InChI is InChI=1S/C15H12BrClFNO/c1-9(10-2-4-11(16)5-3-10)19-15(20)13-7-6-12(17)8-14(13)18/h2-9H,1H3,(H,19,20). The van der Waals surface area contributed by atoms with Gasteiger partial charge in [0.15, 0.2) is 0 Å². The number of carbonyl (C=O) groups is 1. The van der Waals surface area contributed by atoms with Gasteiger partial charge in [0.1, 0.15) is 5.82 Å². The molecule has 1 unspecified atom stereocenters. The summed E-state index contributed by atoms with van der Waals surface area (Å²) in [5, 5.41) is 3.02. The Morgan fingerprint density at radius 2 is 1.90 bits per heavy atom. The Kier molecular flexibility index (Phi) is 4.78. The zero-order valence-electron chi connectivity index (χ0n) is 10.7. The third-order valence-corrected chi connectivity index (χ3v) is 3.66. The molecule has 104 valence electrons. The van der Waals surface area contributed by atoms with Crippen molar-refractivity contribution in [3.8, 4) is 0 Å². The summed E-state index contributed by atoms with van der Waals surface area (Å²) in [5.41, 5.74) is 0.925. The first-order valence-corrected chi connectivity index (χ1v) is 7.16. The second kappa shape index (κ2) is 6.37. The first-order valence-electron chi connectivity index (χ1n) is 5.99. The van der Waals surface area contributed by atoms with Gasteiger partial charge in [-0.15, -0.1) is 0 Å². The summed E-state index contributed by atoms with van der Waals surface area (Å²) in [5.74, 6) is -1.09. The summed E-state index contributed by atoms with van der Waals surface area (Å²) in [7, 11) is 0. The molecule has 0 saturated heterocycles. The van der Waals surface area contributed by atoms with Gasteiger partial charge in [0.25, 0.3) is 5.91 Å². The van der Waals surface area contributed by atoms with Gasteiger partial charge < -0.3 is 5.32 Å². The topological polar surface area (TPSA) is 29.1 Å². The highest BCUT2D eigenvalue weighted by Gasteiger charge is 2.15. The molecule has 2 aromatic rings. The molecular formula is C15H12BrClFNO. The summed E-state index contributed by atoms with van der Waals surface area (Å²) in [6, 6.07) is 11.3. The molecule has 0 heterocycles. The predicted octanol–water partition coefficient (Wildman–Crippen LogP) is 4.73. The lowest BCUT2D eigenvalue weighted by Crippen LogP contribution is -2.27. The molecule has 1 amide bonds. The molecule has 0 fully saturated rings. The summed E-state index contributed by atoms with van der Waals surface area (Å²) in [6.07, 6.45) is 0. The van der Waals surface area contributed by atoms with Crippen LogP contribution in [0.2, 0.25) is 5.02 Å². The quantitative estimate of drug-likeness (QED) is 0.846. The molecule has 2 rings (SSSR count). The highest BCUT2D eigenvalue weighted by atomic mass is 79.9. The van der Waals surface area contributed by atoms with Crippen LogP contribution in [0.25, 0.3) is 0 Å². The van der Waals surface area contributed by atoms with Gasteiger partial charge in [0, 0.05) is 9.50 Å². The van der Waals surface area contributed by atoms with Gasteiger partial charge in [0.05, 0.1) is 11.6 Å². The fourth-order valence-electron chi connectivity index (χ4n) is 1.78. The minimum Gasteiger partial charge on any atom is -0.345 e. The Hall–Kier alpha value is -1.39. The van der Waals surface area contributed by atoms with E-state index in [4.69, 9.17) is 11.6 Å². The van der Waals surface area contributed by atoms with E-state index in [0.717, 1.165) is 16.1 Å². The monoisotopic (exact) mass is 355 g/mol. The Morgan fingerprint density at radius 1 is 1.25 bits per heavy atom. The summed E-state index contributed by atoms with van der Waals surface area (Å²) in [4.78, 5) is 12.0. The molecule has 5 heteroatoms. The number of hydrogen-bond donors (Lipinski definition) is 1. The van der Waals surface area contributed by atoms with Crippen molar-refractivity contribution < 1.29 is 9.18 Å². The zero-order valence-corrected chi connectivity index (χ0v) is 13.0. The average Bonchev–Trinajstić information content (AvgIpc) is 2.39. The van der Waals surface area contributed by atoms with E-state index in [2.05, 4.69) is 21.2 Å². The van der Waals surface area contributed by atoms with E-state index in [1.807, 2.05) is 31.2 Å². The molecule has 0 aliphatic heterocycles. The molecule has 0 spiro atoms. The molecule has 20 heavy (non-hydrogen) atoms. The minimum atomic E-state index is -0.627. The number of rotatable bonds is 3. The number of benzene rings is 2. The van der Waals surface area contributed by atoms with Gasteiger partial charge in [0.2, 0.25) is 0 Å². The van der Waals surface area contributed by atoms with Crippen molar-refractivity contribution in [2.24, 2.45) is 0 Å². The highest BCUT2D eigenvalue weighted by Crippen LogP contribution is 2.18. The lowest BCUT2D eigenvalue weighted by Gasteiger charge is -2.15. The Labute approximate surface area is 130 Å². The fourth-order valence-corrected chi connectivity index (χ4v) is 2.21. The molecule has 1 N–H and O–H groups in total. The van der Waals surface area contributed by atoms with Crippen molar-refractivity contribution in [1.29, 1.82) is 0 Å². The molecule has 0 aromatic heterocycles. The minimum absolute atomic E-state index is 0.0154. The Bertz CT molecular complexity index is 630. The molecule has 0 aliphatic carbocycles. The SMILES string of the molecule is CC(NC(=O)c1ccc(Cl)cc1F)c1ccc(Br)cc1. The molecule has 0 saturated carbocycles. The van der Waals surface area contributed by atoms with Gasteiger partial charge >= 0.3 is 0 Å². The molecule has 0 aliphatic rings. The maximum Gasteiger partial charge on any atom is 0.254 e. The molecule has 2 aromatic carbocycles. The van der Waals surface area contributed by atoms with Gasteiger partial charge in [-0.1, -0.05) is 39.7 Å². The van der Waals surface area contributed by atoms with E-state index in [1.165, 1.54) is 12.1 Å². The van der Waals surface area contributed by atoms with Crippen molar-refractivity contribution >= 4 is 33.4 Å². The van der Waals surface area contributed by atoms with Crippen LogP contribution >= 0.6 is 27.5 Å². The third-order valence-electron chi connectivity index (χ3n) is 2.89. The molecular weight excluding hydrogens is 345 g/mol. The van der Waals surface area contributed by atoms with Gasteiger partial charge in [-0.05, 0) is 42.8 Å². The smallest absolute Gasteiger partial charge is 0.254 e. The van der Waals surface area contributed by atoms with Crippen molar-refractivity contribution in [2.45, 2.75) is 13.0 Å². The summed E-state index contributed by atoms with van der Waals surface area (Å²) in [6.45, 7) is 1.84. The fraction of sp³-hybridized carbons (Fsp3) is 0.133. The summed E-state index contributed by atoms with van der Waals surface area (Å²) >= 11 is 9.01. The van der Waals surface area contributed by atoms with Crippen molar-refractivity contribution in [2.75, 3.05) is 0 Å². The van der Waals surface area contributed by atoms with Crippen LogP contribution in [0.15, 0.2) is 46.9 Å². The van der Waals surface area contributed by atoms with Crippen LogP contribution in [0, 0.1) is 5.82 Å². The van der Waals surface area contributed by atoms with E-state index in [-0.39, 0.29) is 16.6 Å². The van der Waals surface area contributed by atoms with Crippen LogP contribution in [0.3, 0.4) is 0 Å². The highest BCUT2D eigenvalue weighted by molar-refractivity contribution is 9.10. The van der Waals surface area contributed by atoms with Gasteiger partial charge in [-0.25, -0.2) is 4.39 Å². The molecule has 1 atom stereocenters. The van der Waals surface area contributed by atoms with Gasteiger partial charge in [-0.3, -0.25) is 4.79 Å². The van der Waals surface area contributed by atoms with Crippen LogP contribution < -0.4 is 5.32 Å². The van der Waals surface area contributed by atoms with Crippen LogP contribution in [-0.2, 0) is 0 Å². The zero-order chi connectivity index (χ0) is 14.7. The lowest BCUT2D eigenvalue weighted by atomic mass is 10.1. The largest absolute Gasteiger partial charge is 0.345 e. The van der Waals surface area contributed by atoms with Crippen LogP contribution in [0.5, 0.6) is 0 Å². The van der Waals surface area contributed by atoms with Crippen LogP contribution in [-0.4, -0.2) is 5.91 Å². The van der Waals surface area contributed by atoms with Crippen molar-refractivity contribution in [1.82, 2.24) is 5.32 Å². The lowest BCUT2D eigenvalue weighted by molar-refractivity contribution is 0.0936. The number of hydrogen-bond acceptors (Lipinski definition) is 1. The van der Waals surface area contributed by atoms with E-state index < -0.39 is 11.7 Å².